The standard InChI is InChI=1S/C19H17N3OS/c1-22(11-13-6-7-14-4-2-3-5-15(14)10-13)12-17-20-16-8-9-24-18(16)19(23)21-17/h2-10H,11-12H2,1H3,(H,20,21,23). The predicted octanol–water partition coefficient (Wildman–Crippen LogP) is 3.77. The third-order valence-electron chi connectivity index (χ3n) is 4.05. The SMILES string of the molecule is CN(Cc1ccc2ccccc2c1)Cc1nc2ccsc2c(=O)[nH]1. The molecule has 0 saturated heterocycles. The molecule has 0 radical (unpaired) electrons. The van der Waals surface area contributed by atoms with E-state index in [-0.39, 0.29) is 5.56 Å². The highest BCUT2D eigenvalue weighted by molar-refractivity contribution is 7.17. The number of benzene rings is 2. The van der Waals surface area contributed by atoms with Gasteiger partial charge in [0, 0.05) is 6.54 Å². The number of H-pyrrole nitrogens is 1. The van der Waals surface area contributed by atoms with E-state index in [4.69, 9.17) is 0 Å². The summed E-state index contributed by atoms with van der Waals surface area (Å²) in [5, 5.41) is 4.39. The Balaban J connectivity index is 1.54. The number of fused-ring (bicyclic) bond motifs is 2. The average Bonchev–Trinajstić information content (AvgIpc) is 3.03. The molecular formula is C19H17N3OS. The van der Waals surface area contributed by atoms with Crippen molar-refractivity contribution in [1.29, 1.82) is 0 Å². The summed E-state index contributed by atoms with van der Waals surface area (Å²) in [6, 6.07) is 16.8. The van der Waals surface area contributed by atoms with E-state index < -0.39 is 0 Å². The highest BCUT2D eigenvalue weighted by Gasteiger charge is 2.08. The molecule has 0 spiro atoms. The summed E-state index contributed by atoms with van der Waals surface area (Å²) in [6.07, 6.45) is 0. The number of nitrogens with one attached hydrogen (secondary N) is 1. The fraction of sp³-hybridized carbons (Fsp3) is 0.158. The third kappa shape index (κ3) is 2.96. The summed E-state index contributed by atoms with van der Waals surface area (Å²) < 4.78 is 0.691. The number of rotatable bonds is 4. The van der Waals surface area contributed by atoms with Gasteiger partial charge in [-0.25, -0.2) is 4.98 Å². The summed E-state index contributed by atoms with van der Waals surface area (Å²) in [4.78, 5) is 21.6. The summed E-state index contributed by atoms with van der Waals surface area (Å²) in [6.45, 7) is 1.41. The van der Waals surface area contributed by atoms with Crippen molar-refractivity contribution < 1.29 is 0 Å². The molecule has 0 aliphatic carbocycles. The van der Waals surface area contributed by atoms with Crippen molar-refractivity contribution in [3.8, 4) is 0 Å². The van der Waals surface area contributed by atoms with Crippen molar-refractivity contribution in [3.63, 3.8) is 0 Å². The Morgan fingerprint density at radius 2 is 1.92 bits per heavy atom. The Hall–Kier alpha value is -2.50. The number of aromatic amines is 1. The number of hydrogen-bond acceptors (Lipinski definition) is 4. The first kappa shape index (κ1) is 15.1. The smallest absolute Gasteiger partial charge is 0.268 e. The van der Waals surface area contributed by atoms with E-state index >= 15 is 0 Å². The molecule has 120 valence electrons. The van der Waals surface area contributed by atoms with E-state index in [1.54, 1.807) is 0 Å². The van der Waals surface area contributed by atoms with Gasteiger partial charge in [0.2, 0.25) is 0 Å². The molecule has 0 unspecified atom stereocenters. The van der Waals surface area contributed by atoms with Crippen LogP contribution in [0.2, 0.25) is 0 Å². The number of hydrogen-bond donors (Lipinski definition) is 1. The van der Waals surface area contributed by atoms with Crippen LogP contribution in [0.4, 0.5) is 0 Å². The lowest BCUT2D eigenvalue weighted by molar-refractivity contribution is 0.311. The Morgan fingerprint density at radius 3 is 2.79 bits per heavy atom. The quantitative estimate of drug-likeness (QED) is 0.617. The summed E-state index contributed by atoms with van der Waals surface area (Å²) in [5.74, 6) is 0.703. The molecule has 4 rings (SSSR count). The molecule has 2 heterocycles. The highest BCUT2D eigenvalue weighted by atomic mass is 32.1. The van der Waals surface area contributed by atoms with Crippen LogP contribution in [0.3, 0.4) is 0 Å². The first-order valence-corrected chi connectivity index (χ1v) is 8.69. The van der Waals surface area contributed by atoms with Gasteiger partial charge in [0.1, 0.15) is 10.5 Å². The van der Waals surface area contributed by atoms with E-state index in [1.165, 1.54) is 27.7 Å². The first-order chi connectivity index (χ1) is 11.7. The van der Waals surface area contributed by atoms with Gasteiger partial charge in [0.25, 0.3) is 5.56 Å². The van der Waals surface area contributed by atoms with Gasteiger partial charge < -0.3 is 4.98 Å². The summed E-state index contributed by atoms with van der Waals surface area (Å²) in [7, 11) is 2.03. The van der Waals surface area contributed by atoms with Crippen LogP contribution >= 0.6 is 11.3 Å². The minimum Gasteiger partial charge on any atom is -0.308 e. The topological polar surface area (TPSA) is 49.0 Å². The van der Waals surface area contributed by atoms with E-state index in [0.29, 0.717) is 17.1 Å². The zero-order chi connectivity index (χ0) is 16.5. The second-order valence-electron chi connectivity index (χ2n) is 6.00. The van der Waals surface area contributed by atoms with E-state index in [2.05, 4.69) is 57.3 Å². The second-order valence-corrected chi connectivity index (χ2v) is 6.92. The molecule has 0 amide bonds. The molecule has 2 aromatic carbocycles. The van der Waals surface area contributed by atoms with Crippen molar-refractivity contribution in [2.45, 2.75) is 13.1 Å². The Labute approximate surface area is 143 Å². The molecule has 4 nitrogen and oxygen atoms in total. The van der Waals surface area contributed by atoms with Gasteiger partial charge in [0.05, 0.1) is 12.1 Å². The van der Waals surface area contributed by atoms with E-state index in [9.17, 15) is 4.79 Å². The maximum absolute atomic E-state index is 12.0. The first-order valence-electron chi connectivity index (χ1n) is 7.82. The molecule has 0 fully saturated rings. The summed E-state index contributed by atoms with van der Waals surface area (Å²) >= 11 is 1.43. The van der Waals surface area contributed by atoms with Gasteiger partial charge in [-0.2, -0.15) is 0 Å². The molecular weight excluding hydrogens is 318 g/mol. The minimum absolute atomic E-state index is 0.0518. The zero-order valence-corrected chi connectivity index (χ0v) is 14.1. The molecule has 0 bridgehead atoms. The fourth-order valence-corrected chi connectivity index (χ4v) is 3.68. The largest absolute Gasteiger partial charge is 0.308 e. The zero-order valence-electron chi connectivity index (χ0n) is 13.3. The normalized spacial score (nSPS) is 11.6. The monoisotopic (exact) mass is 335 g/mol. The fourth-order valence-electron chi connectivity index (χ4n) is 2.96. The van der Waals surface area contributed by atoms with E-state index in [0.717, 1.165) is 12.1 Å². The van der Waals surface area contributed by atoms with Gasteiger partial charge in [-0.05, 0) is 40.9 Å². The van der Waals surface area contributed by atoms with Crippen molar-refractivity contribution in [1.82, 2.24) is 14.9 Å². The van der Waals surface area contributed by atoms with Crippen molar-refractivity contribution in [2.24, 2.45) is 0 Å². The lowest BCUT2D eigenvalue weighted by Gasteiger charge is -2.16. The Morgan fingerprint density at radius 1 is 1.08 bits per heavy atom. The van der Waals surface area contributed by atoms with Crippen LogP contribution in [0.5, 0.6) is 0 Å². The molecule has 5 heteroatoms. The maximum Gasteiger partial charge on any atom is 0.268 e. The van der Waals surface area contributed by atoms with Gasteiger partial charge in [-0.15, -0.1) is 11.3 Å². The van der Waals surface area contributed by atoms with Crippen molar-refractivity contribution >= 4 is 32.3 Å². The highest BCUT2D eigenvalue weighted by Crippen LogP contribution is 2.17. The van der Waals surface area contributed by atoms with Gasteiger partial charge >= 0.3 is 0 Å². The maximum atomic E-state index is 12.0. The summed E-state index contributed by atoms with van der Waals surface area (Å²) in [5.41, 5.74) is 1.97. The minimum atomic E-state index is -0.0518. The molecule has 0 aliphatic rings. The van der Waals surface area contributed by atoms with Crippen LogP contribution in [-0.2, 0) is 13.1 Å². The molecule has 0 saturated carbocycles. The van der Waals surface area contributed by atoms with Crippen LogP contribution in [0, 0.1) is 0 Å². The lowest BCUT2D eigenvalue weighted by atomic mass is 10.1. The van der Waals surface area contributed by atoms with Crippen LogP contribution in [0.25, 0.3) is 21.0 Å². The second kappa shape index (κ2) is 6.19. The van der Waals surface area contributed by atoms with Gasteiger partial charge in [-0.1, -0.05) is 36.4 Å². The van der Waals surface area contributed by atoms with Crippen molar-refractivity contribution in [2.75, 3.05) is 7.05 Å². The molecule has 0 aliphatic heterocycles. The molecule has 4 aromatic rings. The van der Waals surface area contributed by atoms with Crippen LogP contribution in [0.1, 0.15) is 11.4 Å². The Bertz CT molecular complexity index is 1070. The molecule has 24 heavy (non-hydrogen) atoms. The van der Waals surface area contributed by atoms with Crippen molar-refractivity contribution in [3.05, 3.63) is 75.7 Å². The molecule has 0 atom stereocenters. The van der Waals surface area contributed by atoms with Crippen LogP contribution < -0.4 is 5.56 Å². The number of nitrogens with zero attached hydrogens (tertiary/aromatic N) is 2. The molecule has 1 N–H and O–H groups in total. The van der Waals surface area contributed by atoms with Crippen LogP contribution in [-0.4, -0.2) is 21.9 Å². The van der Waals surface area contributed by atoms with Gasteiger partial charge in [-0.3, -0.25) is 9.69 Å². The number of thiophene rings is 1. The van der Waals surface area contributed by atoms with Gasteiger partial charge in [0.15, 0.2) is 0 Å². The predicted molar refractivity (Wildman–Crippen MR) is 99.4 cm³/mol. The number of aromatic nitrogens is 2. The van der Waals surface area contributed by atoms with E-state index in [1.807, 2.05) is 18.5 Å². The Kier molecular flexibility index (Phi) is 3.88. The molecule has 2 aromatic heterocycles. The van der Waals surface area contributed by atoms with Crippen LogP contribution in [0.15, 0.2) is 58.7 Å². The lowest BCUT2D eigenvalue weighted by Crippen LogP contribution is -2.21. The average molecular weight is 335 g/mol. The third-order valence-corrected chi connectivity index (χ3v) is 4.95.